The number of nitro benzene ring substituents is 1. The van der Waals surface area contributed by atoms with Crippen LogP contribution in [0.2, 0.25) is 0 Å². The van der Waals surface area contributed by atoms with E-state index in [2.05, 4.69) is 5.32 Å². The van der Waals surface area contributed by atoms with Gasteiger partial charge in [0.25, 0.3) is 0 Å². The number of anilines is 1. The lowest BCUT2D eigenvalue weighted by Crippen LogP contribution is -2.29. The molecule has 0 amide bonds. The van der Waals surface area contributed by atoms with Gasteiger partial charge in [0.05, 0.1) is 4.92 Å². The van der Waals surface area contributed by atoms with Crippen LogP contribution >= 0.6 is 0 Å². The predicted octanol–water partition coefficient (Wildman–Crippen LogP) is 1.32. The number of nitro groups is 1. The Morgan fingerprint density at radius 3 is 2.48 bits per heavy atom. The number of hydrogen-bond acceptors (Lipinski definition) is 6. The van der Waals surface area contributed by atoms with Crippen molar-refractivity contribution in [2.75, 3.05) is 23.1 Å². The van der Waals surface area contributed by atoms with Crippen LogP contribution in [0.1, 0.15) is 12.8 Å². The summed E-state index contributed by atoms with van der Waals surface area (Å²) in [6.07, 6.45) is 2.24. The first-order chi connectivity index (χ1) is 9.79. The van der Waals surface area contributed by atoms with Crippen LogP contribution in [0.3, 0.4) is 0 Å². The smallest absolute Gasteiger partial charge is 0.310 e. The van der Waals surface area contributed by atoms with Crippen molar-refractivity contribution in [2.45, 2.75) is 23.8 Å². The first-order valence-electron chi connectivity index (χ1n) is 6.38. The van der Waals surface area contributed by atoms with E-state index in [4.69, 9.17) is 0 Å². The van der Waals surface area contributed by atoms with Gasteiger partial charge in [-0.3, -0.25) is 14.3 Å². The van der Waals surface area contributed by atoms with Crippen molar-refractivity contribution in [3.05, 3.63) is 28.3 Å². The molecular weight excluding hydrogens is 316 g/mol. The highest BCUT2D eigenvalue weighted by Gasteiger charge is 2.28. The summed E-state index contributed by atoms with van der Waals surface area (Å²) in [5.41, 5.74) is -0.229. The molecule has 1 heterocycles. The Hall–Kier alpha value is -1.48. The standard InChI is InChI=1S/C12H16N2O5S2/c1-21(18,19)11-4-2-3-10(12(11)14(15)16)13-9-5-7-20(17)8-6-9/h2-4,9,13H,5-8H2,1H3. The molecule has 1 aromatic rings. The number of nitrogens with zero attached hydrogens (tertiary/aromatic N) is 1. The topological polar surface area (TPSA) is 106 Å². The molecule has 7 nitrogen and oxygen atoms in total. The molecule has 1 aliphatic rings. The molecule has 1 N–H and O–H groups in total. The second kappa shape index (κ2) is 6.10. The van der Waals surface area contributed by atoms with Gasteiger partial charge in [-0.05, 0) is 25.0 Å². The molecule has 0 atom stereocenters. The Morgan fingerprint density at radius 2 is 1.95 bits per heavy atom. The van der Waals surface area contributed by atoms with Crippen LogP contribution < -0.4 is 5.32 Å². The summed E-state index contributed by atoms with van der Waals surface area (Å²) in [4.78, 5) is 10.3. The maximum atomic E-state index is 11.7. The molecule has 1 fully saturated rings. The van der Waals surface area contributed by atoms with Crippen molar-refractivity contribution in [2.24, 2.45) is 0 Å². The molecule has 0 bridgehead atoms. The van der Waals surface area contributed by atoms with Gasteiger partial charge in [-0.15, -0.1) is 0 Å². The lowest BCUT2D eigenvalue weighted by Gasteiger charge is -2.23. The summed E-state index contributed by atoms with van der Waals surface area (Å²) in [5, 5.41) is 14.3. The van der Waals surface area contributed by atoms with Gasteiger partial charge in [-0.2, -0.15) is 0 Å². The minimum Gasteiger partial charge on any atom is -0.377 e. The first-order valence-corrected chi connectivity index (χ1v) is 9.76. The van der Waals surface area contributed by atoms with Crippen LogP contribution in [-0.2, 0) is 20.6 Å². The minimum absolute atomic E-state index is 0.0313. The largest absolute Gasteiger partial charge is 0.377 e. The van der Waals surface area contributed by atoms with Crippen LogP contribution in [-0.4, -0.2) is 41.4 Å². The number of nitrogens with one attached hydrogen (secondary N) is 1. The number of benzene rings is 1. The average molecular weight is 332 g/mol. The van der Waals surface area contributed by atoms with Crippen LogP contribution in [0, 0.1) is 10.1 Å². The Morgan fingerprint density at radius 1 is 1.33 bits per heavy atom. The zero-order chi connectivity index (χ0) is 15.6. The van der Waals surface area contributed by atoms with Gasteiger partial charge in [-0.25, -0.2) is 8.42 Å². The Balaban J connectivity index is 2.35. The zero-order valence-electron chi connectivity index (χ0n) is 11.4. The highest BCUT2D eigenvalue weighted by atomic mass is 32.2. The third-order valence-corrected chi connectivity index (χ3v) is 5.84. The van der Waals surface area contributed by atoms with E-state index in [0.717, 1.165) is 6.26 Å². The molecule has 2 rings (SSSR count). The first kappa shape index (κ1) is 15.9. The molecule has 0 aliphatic carbocycles. The van der Waals surface area contributed by atoms with Crippen molar-refractivity contribution in [3.8, 4) is 0 Å². The second-order valence-corrected chi connectivity index (χ2v) is 8.63. The van der Waals surface area contributed by atoms with Gasteiger partial charge < -0.3 is 5.32 Å². The fraction of sp³-hybridized carbons (Fsp3) is 0.500. The maximum absolute atomic E-state index is 11.7. The van der Waals surface area contributed by atoms with E-state index in [-0.39, 0.29) is 16.6 Å². The fourth-order valence-corrected chi connectivity index (χ4v) is 4.44. The second-order valence-electron chi connectivity index (χ2n) is 4.95. The van der Waals surface area contributed by atoms with Crippen molar-refractivity contribution in [3.63, 3.8) is 0 Å². The Labute approximate surface area is 125 Å². The molecule has 0 unspecified atom stereocenters. The molecule has 1 saturated heterocycles. The summed E-state index contributed by atoms with van der Waals surface area (Å²) in [6.45, 7) is 0. The van der Waals surface area contributed by atoms with Crippen LogP contribution in [0.4, 0.5) is 11.4 Å². The van der Waals surface area contributed by atoms with Crippen LogP contribution in [0.25, 0.3) is 0 Å². The van der Waals surface area contributed by atoms with E-state index >= 15 is 0 Å². The molecule has 1 aromatic carbocycles. The SMILES string of the molecule is CS(=O)(=O)c1cccc(NC2CCS(=O)CC2)c1[N+](=O)[O-]. The number of hydrogen-bond donors (Lipinski definition) is 1. The number of sulfone groups is 1. The molecule has 0 saturated carbocycles. The average Bonchev–Trinajstić information content (AvgIpc) is 2.40. The monoisotopic (exact) mass is 332 g/mol. The molecule has 21 heavy (non-hydrogen) atoms. The zero-order valence-corrected chi connectivity index (χ0v) is 13.1. The Bertz CT molecular complexity index is 677. The summed E-state index contributed by atoms with van der Waals surface area (Å²) in [6, 6.07) is 4.18. The molecule has 0 radical (unpaired) electrons. The van der Waals surface area contributed by atoms with Gasteiger partial charge in [0.1, 0.15) is 10.6 Å². The van der Waals surface area contributed by atoms with Crippen molar-refractivity contribution in [1.82, 2.24) is 0 Å². The van der Waals surface area contributed by atoms with Gasteiger partial charge in [0.15, 0.2) is 9.84 Å². The third-order valence-electron chi connectivity index (χ3n) is 3.33. The van der Waals surface area contributed by atoms with E-state index in [1.54, 1.807) is 0 Å². The van der Waals surface area contributed by atoms with Gasteiger partial charge in [-0.1, -0.05) is 6.07 Å². The molecule has 0 aromatic heterocycles. The molecule has 116 valence electrons. The van der Waals surface area contributed by atoms with Gasteiger partial charge in [0, 0.05) is 34.6 Å². The molecule has 9 heteroatoms. The van der Waals surface area contributed by atoms with Crippen molar-refractivity contribution < 1.29 is 17.6 Å². The van der Waals surface area contributed by atoms with E-state index in [1.807, 2.05) is 0 Å². The van der Waals surface area contributed by atoms with E-state index < -0.39 is 31.2 Å². The highest BCUT2D eigenvalue weighted by Crippen LogP contribution is 2.33. The summed E-state index contributed by atoms with van der Waals surface area (Å²) >= 11 is 0. The van der Waals surface area contributed by atoms with E-state index in [9.17, 15) is 22.7 Å². The lowest BCUT2D eigenvalue weighted by molar-refractivity contribution is -0.386. The highest BCUT2D eigenvalue weighted by molar-refractivity contribution is 7.90. The molecule has 1 aliphatic heterocycles. The minimum atomic E-state index is -3.68. The lowest BCUT2D eigenvalue weighted by atomic mass is 10.1. The molecule has 0 spiro atoms. The summed E-state index contributed by atoms with van der Waals surface area (Å²) in [5.74, 6) is 1.11. The van der Waals surface area contributed by atoms with E-state index in [1.165, 1.54) is 18.2 Å². The van der Waals surface area contributed by atoms with Crippen molar-refractivity contribution >= 4 is 32.0 Å². The fourth-order valence-electron chi connectivity index (χ4n) is 2.28. The van der Waals surface area contributed by atoms with E-state index in [0.29, 0.717) is 24.3 Å². The third kappa shape index (κ3) is 3.79. The van der Waals surface area contributed by atoms with Crippen molar-refractivity contribution in [1.29, 1.82) is 0 Å². The quantitative estimate of drug-likeness (QED) is 0.658. The Kier molecular flexibility index (Phi) is 4.62. The molecular formula is C12H16N2O5S2. The number of rotatable bonds is 4. The summed E-state index contributed by atoms with van der Waals surface area (Å²) in [7, 11) is -4.50. The normalized spacial score (nSPS) is 22.7. The van der Waals surface area contributed by atoms with Gasteiger partial charge >= 0.3 is 5.69 Å². The maximum Gasteiger partial charge on any atom is 0.310 e. The predicted molar refractivity (Wildman–Crippen MR) is 80.7 cm³/mol. The summed E-state index contributed by atoms with van der Waals surface area (Å²) < 4.78 is 34.7. The van der Waals surface area contributed by atoms with Crippen LogP contribution in [0.5, 0.6) is 0 Å². The number of para-hydroxylation sites is 1. The van der Waals surface area contributed by atoms with Gasteiger partial charge in [0.2, 0.25) is 0 Å². The van der Waals surface area contributed by atoms with Crippen LogP contribution in [0.15, 0.2) is 23.1 Å².